The van der Waals surface area contributed by atoms with Gasteiger partial charge in [0.25, 0.3) is 0 Å². The standard InChI is InChI=1S/C21H24N2O3/c1-21(2)20(25)19(17-12-16(13-22)8-9-18(17)26-21)23(10-11-24)14-15-6-4-3-5-7-15/h3-9,12,19-20,24-25H,10-11,14H2,1-2H3/t19-,20+/m0/s1. The molecule has 2 N–H and O–H groups in total. The van der Waals surface area contributed by atoms with Crippen LogP contribution in [0.15, 0.2) is 48.5 Å². The van der Waals surface area contributed by atoms with Crippen molar-refractivity contribution in [2.75, 3.05) is 13.2 Å². The Hall–Kier alpha value is -2.39. The molecule has 2 aromatic rings. The summed E-state index contributed by atoms with van der Waals surface area (Å²) in [5.41, 5.74) is 1.61. The van der Waals surface area contributed by atoms with E-state index in [2.05, 4.69) is 6.07 Å². The van der Waals surface area contributed by atoms with Gasteiger partial charge in [-0.3, -0.25) is 4.90 Å². The molecule has 2 aromatic carbocycles. The van der Waals surface area contributed by atoms with Crippen LogP contribution in [0.3, 0.4) is 0 Å². The fourth-order valence-electron chi connectivity index (χ4n) is 3.50. The van der Waals surface area contributed by atoms with Crippen LogP contribution in [0.5, 0.6) is 5.75 Å². The third-order valence-corrected chi connectivity index (χ3v) is 4.85. The van der Waals surface area contributed by atoms with Crippen LogP contribution < -0.4 is 4.74 Å². The summed E-state index contributed by atoms with van der Waals surface area (Å²) in [6, 6.07) is 17.0. The molecule has 1 heterocycles. The zero-order chi connectivity index (χ0) is 18.7. The molecule has 0 aliphatic carbocycles. The van der Waals surface area contributed by atoms with Gasteiger partial charge in [-0.1, -0.05) is 30.3 Å². The fourth-order valence-corrected chi connectivity index (χ4v) is 3.50. The minimum Gasteiger partial charge on any atom is -0.485 e. The molecule has 2 atom stereocenters. The lowest BCUT2D eigenvalue weighted by atomic mass is 9.84. The number of nitrogens with zero attached hydrogens (tertiary/aromatic N) is 2. The first-order valence-corrected chi connectivity index (χ1v) is 8.76. The largest absolute Gasteiger partial charge is 0.485 e. The molecule has 136 valence electrons. The molecular formula is C21H24N2O3. The molecule has 0 aromatic heterocycles. The Morgan fingerprint density at radius 2 is 1.92 bits per heavy atom. The molecule has 5 heteroatoms. The summed E-state index contributed by atoms with van der Waals surface area (Å²) in [7, 11) is 0. The van der Waals surface area contributed by atoms with Gasteiger partial charge in [0.2, 0.25) is 0 Å². The number of aliphatic hydroxyl groups excluding tert-OH is 2. The highest BCUT2D eigenvalue weighted by Gasteiger charge is 2.45. The van der Waals surface area contributed by atoms with E-state index in [1.807, 2.05) is 49.1 Å². The van der Waals surface area contributed by atoms with Gasteiger partial charge in [-0.2, -0.15) is 5.26 Å². The van der Waals surface area contributed by atoms with E-state index in [4.69, 9.17) is 4.74 Å². The van der Waals surface area contributed by atoms with Gasteiger partial charge in [0.1, 0.15) is 17.5 Å². The van der Waals surface area contributed by atoms with Crippen LogP contribution >= 0.6 is 0 Å². The average Bonchev–Trinajstić information content (AvgIpc) is 2.63. The molecule has 0 spiro atoms. The van der Waals surface area contributed by atoms with Crippen molar-refractivity contribution in [2.45, 2.75) is 38.1 Å². The molecule has 5 nitrogen and oxygen atoms in total. The second-order valence-corrected chi connectivity index (χ2v) is 7.14. The van der Waals surface area contributed by atoms with Crippen LogP contribution in [0, 0.1) is 11.3 Å². The predicted molar refractivity (Wildman–Crippen MR) is 98.5 cm³/mol. The molecule has 0 fully saturated rings. The monoisotopic (exact) mass is 352 g/mol. The Balaban J connectivity index is 2.05. The van der Waals surface area contributed by atoms with Crippen molar-refractivity contribution in [3.63, 3.8) is 0 Å². The summed E-state index contributed by atoms with van der Waals surface area (Å²) < 4.78 is 5.99. The van der Waals surface area contributed by atoms with Crippen molar-refractivity contribution in [1.82, 2.24) is 4.90 Å². The van der Waals surface area contributed by atoms with E-state index in [-0.39, 0.29) is 12.6 Å². The number of nitriles is 1. The Morgan fingerprint density at radius 1 is 1.19 bits per heavy atom. The van der Waals surface area contributed by atoms with E-state index in [9.17, 15) is 15.5 Å². The van der Waals surface area contributed by atoms with Crippen molar-refractivity contribution in [2.24, 2.45) is 0 Å². The number of ether oxygens (including phenoxy) is 1. The zero-order valence-electron chi connectivity index (χ0n) is 15.1. The Labute approximate surface area is 154 Å². The summed E-state index contributed by atoms with van der Waals surface area (Å²) in [5.74, 6) is 0.667. The van der Waals surface area contributed by atoms with Crippen LogP contribution in [0.25, 0.3) is 0 Å². The first kappa shape index (κ1) is 18.4. The number of hydrogen-bond donors (Lipinski definition) is 2. The minimum absolute atomic E-state index is 0.0232. The first-order valence-electron chi connectivity index (χ1n) is 8.76. The van der Waals surface area contributed by atoms with E-state index in [1.165, 1.54) is 0 Å². The number of aliphatic hydroxyl groups is 2. The molecule has 26 heavy (non-hydrogen) atoms. The highest BCUT2D eigenvalue weighted by atomic mass is 16.5. The lowest BCUT2D eigenvalue weighted by molar-refractivity contribution is -0.0970. The third-order valence-electron chi connectivity index (χ3n) is 4.85. The maximum absolute atomic E-state index is 11.1. The lowest BCUT2D eigenvalue weighted by Crippen LogP contribution is -2.53. The molecule has 3 rings (SSSR count). The van der Waals surface area contributed by atoms with Gasteiger partial charge in [-0.05, 0) is 37.6 Å². The third kappa shape index (κ3) is 3.58. The fraction of sp³-hybridized carbons (Fsp3) is 0.381. The van der Waals surface area contributed by atoms with E-state index < -0.39 is 11.7 Å². The van der Waals surface area contributed by atoms with Crippen molar-refractivity contribution in [3.05, 3.63) is 65.2 Å². The van der Waals surface area contributed by atoms with Crippen LogP contribution in [0.1, 0.15) is 36.6 Å². The van der Waals surface area contributed by atoms with Crippen molar-refractivity contribution >= 4 is 0 Å². The maximum atomic E-state index is 11.1. The lowest BCUT2D eigenvalue weighted by Gasteiger charge is -2.46. The van der Waals surface area contributed by atoms with Gasteiger partial charge in [-0.25, -0.2) is 0 Å². The van der Waals surface area contributed by atoms with Crippen LogP contribution in [-0.2, 0) is 6.54 Å². The minimum atomic E-state index is -0.806. The molecule has 0 amide bonds. The summed E-state index contributed by atoms with van der Waals surface area (Å²) in [6.07, 6.45) is -0.806. The van der Waals surface area contributed by atoms with Gasteiger partial charge < -0.3 is 14.9 Å². The first-order chi connectivity index (χ1) is 12.5. The van der Waals surface area contributed by atoms with Crippen molar-refractivity contribution in [3.8, 4) is 11.8 Å². The van der Waals surface area contributed by atoms with Crippen molar-refractivity contribution in [1.29, 1.82) is 5.26 Å². The van der Waals surface area contributed by atoms with E-state index in [0.29, 0.717) is 24.4 Å². The average molecular weight is 352 g/mol. The summed E-state index contributed by atoms with van der Waals surface area (Å²) in [6.45, 7) is 4.67. The second kappa shape index (κ2) is 7.46. The van der Waals surface area contributed by atoms with Gasteiger partial charge in [-0.15, -0.1) is 0 Å². The predicted octanol–water partition coefficient (Wildman–Crippen LogP) is 2.63. The number of rotatable bonds is 5. The van der Waals surface area contributed by atoms with Gasteiger partial charge >= 0.3 is 0 Å². The van der Waals surface area contributed by atoms with Gasteiger partial charge in [0, 0.05) is 18.7 Å². The second-order valence-electron chi connectivity index (χ2n) is 7.14. The maximum Gasteiger partial charge on any atom is 0.131 e. The van der Waals surface area contributed by atoms with Gasteiger partial charge in [0.05, 0.1) is 24.3 Å². The summed E-state index contributed by atoms with van der Waals surface area (Å²) in [5, 5.41) is 29.9. The topological polar surface area (TPSA) is 76.7 Å². The molecule has 0 unspecified atom stereocenters. The Bertz CT molecular complexity index is 799. The summed E-state index contributed by atoms with van der Waals surface area (Å²) >= 11 is 0. The molecule has 0 radical (unpaired) electrons. The SMILES string of the molecule is CC1(C)Oc2ccc(C#N)cc2[C@H](N(CCO)Cc2ccccc2)[C@H]1O. The van der Waals surface area contributed by atoms with E-state index in [1.54, 1.807) is 18.2 Å². The quantitative estimate of drug-likeness (QED) is 0.865. The molecule has 0 saturated carbocycles. The molecular weight excluding hydrogens is 328 g/mol. The van der Waals surface area contributed by atoms with Crippen LogP contribution in [0.2, 0.25) is 0 Å². The summed E-state index contributed by atoms with van der Waals surface area (Å²) in [4.78, 5) is 2.05. The van der Waals surface area contributed by atoms with Crippen LogP contribution in [-0.4, -0.2) is 40.0 Å². The molecule has 1 aliphatic heterocycles. The normalized spacial score (nSPS) is 20.9. The number of hydrogen-bond acceptors (Lipinski definition) is 5. The van der Waals surface area contributed by atoms with E-state index in [0.717, 1.165) is 11.1 Å². The van der Waals surface area contributed by atoms with Crippen LogP contribution in [0.4, 0.5) is 0 Å². The molecule has 1 aliphatic rings. The highest BCUT2D eigenvalue weighted by Crippen LogP contribution is 2.43. The van der Waals surface area contributed by atoms with Gasteiger partial charge in [0.15, 0.2) is 0 Å². The molecule has 0 saturated heterocycles. The smallest absolute Gasteiger partial charge is 0.131 e. The highest BCUT2D eigenvalue weighted by molar-refractivity contribution is 5.46. The Kier molecular flexibility index (Phi) is 5.28. The van der Waals surface area contributed by atoms with E-state index >= 15 is 0 Å². The van der Waals surface area contributed by atoms with Crippen molar-refractivity contribution < 1.29 is 14.9 Å². The number of benzene rings is 2. The number of fused-ring (bicyclic) bond motifs is 1. The molecule has 0 bridgehead atoms. The Morgan fingerprint density at radius 3 is 2.58 bits per heavy atom. The zero-order valence-corrected chi connectivity index (χ0v) is 15.1.